The van der Waals surface area contributed by atoms with E-state index in [2.05, 4.69) is 9.71 Å². The molecule has 2 aromatic carbocycles. The Bertz CT molecular complexity index is 1320. The van der Waals surface area contributed by atoms with Gasteiger partial charge in [0.05, 0.1) is 33.9 Å². The maximum Gasteiger partial charge on any atom is 0.416 e. The lowest BCUT2D eigenvalue weighted by Crippen LogP contribution is -2.37. The molecule has 0 saturated carbocycles. The minimum absolute atomic E-state index is 0.0546. The highest BCUT2D eigenvalue weighted by molar-refractivity contribution is 7.93. The van der Waals surface area contributed by atoms with Gasteiger partial charge in [0.15, 0.2) is 5.13 Å². The van der Waals surface area contributed by atoms with Crippen molar-refractivity contribution >= 4 is 37.9 Å². The summed E-state index contributed by atoms with van der Waals surface area (Å²) >= 11 is 1.13. The molecular formula is C21H17F3N4O3S2. The summed E-state index contributed by atoms with van der Waals surface area (Å²) < 4.78 is 73.2. The Balaban J connectivity index is 1.76. The molecule has 0 unspecified atom stereocenters. The van der Waals surface area contributed by atoms with Crippen molar-refractivity contribution in [1.29, 1.82) is 5.26 Å². The van der Waals surface area contributed by atoms with E-state index in [0.29, 0.717) is 12.1 Å². The van der Waals surface area contributed by atoms with Crippen molar-refractivity contribution in [1.82, 2.24) is 4.98 Å². The SMILES string of the molecule is CC[C@@H]1CN(c2ccc(C(F)(F)F)cc2C#N)c2ccc(S(=O)(=O)Nc3nccs3)cc2O1. The van der Waals surface area contributed by atoms with Crippen LogP contribution in [0.3, 0.4) is 0 Å². The monoisotopic (exact) mass is 494 g/mol. The number of nitriles is 1. The highest BCUT2D eigenvalue weighted by Gasteiger charge is 2.33. The summed E-state index contributed by atoms with van der Waals surface area (Å²) in [5, 5.41) is 11.4. The Hall–Kier alpha value is -3.30. The van der Waals surface area contributed by atoms with Gasteiger partial charge in [-0.1, -0.05) is 6.92 Å². The van der Waals surface area contributed by atoms with E-state index >= 15 is 0 Å². The quantitative estimate of drug-likeness (QED) is 0.528. The molecule has 1 N–H and O–H groups in total. The molecule has 33 heavy (non-hydrogen) atoms. The number of nitrogens with one attached hydrogen (secondary N) is 1. The number of alkyl halides is 3. The third-order valence-corrected chi connectivity index (χ3v) is 7.21. The maximum absolute atomic E-state index is 13.1. The predicted molar refractivity (Wildman–Crippen MR) is 117 cm³/mol. The molecule has 0 spiro atoms. The zero-order valence-electron chi connectivity index (χ0n) is 17.1. The van der Waals surface area contributed by atoms with Crippen LogP contribution in [0.1, 0.15) is 24.5 Å². The molecule has 0 fully saturated rings. The first-order valence-electron chi connectivity index (χ1n) is 9.74. The molecule has 0 bridgehead atoms. The highest BCUT2D eigenvalue weighted by Crippen LogP contribution is 2.42. The molecule has 1 aromatic heterocycles. The second-order valence-electron chi connectivity index (χ2n) is 7.17. The number of aromatic nitrogens is 1. The summed E-state index contributed by atoms with van der Waals surface area (Å²) in [6.45, 7) is 2.16. The van der Waals surface area contributed by atoms with Crippen molar-refractivity contribution in [3.63, 3.8) is 0 Å². The number of halogens is 3. The first-order chi connectivity index (χ1) is 15.6. The molecule has 0 aliphatic carbocycles. The Morgan fingerprint density at radius 3 is 2.67 bits per heavy atom. The largest absolute Gasteiger partial charge is 0.486 e. The van der Waals surface area contributed by atoms with Gasteiger partial charge in [0, 0.05) is 17.6 Å². The van der Waals surface area contributed by atoms with Gasteiger partial charge in [-0.05, 0) is 36.8 Å². The van der Waals surface area contributed by atoms with Gasteiger partial charge < -0.3 is 9.64 Å². The Kier molecular flexibility index (Phi) is 5.94. The van der Waals surface area contributed by atoms with Crippen LogP contribution in [0.15, 0.2) is 52.9 Å². The van der Waals surface area contributed by atoms with E-state index in [1.807, 2.05) is 13.0 Å². The fraction of sp³-hybridized carbons (Fsp3) is 0.238. The molecule has 2 heterocycles. The van der Waals surface area contributed by atoms with E-state index in [1.165, 1.54) is 30.5 Å². The zero-order chi connectivity index (χ0) is 23.8. The lowest BCUT2D eigenvalue weighted by molar-refractivity contribution is -0.137. The summed E-state index contributed by atoms with van der Waals surface area (Å²) in [6, 6.07) is 9.05. The summed E-state index contributed by atoms with van der Waals surface area (Å²) in [6.07, 6.45) is -2.91. The third-order valence-electron chi connectivity index (χ3n) is 5.06. The number of thiazole rings is 1. The van der Waals surface area contributed by atoms with Crippen LogP contribution >= 0.6 is 11.3 Å². The third kappa shape index (κ3) is 4.60. The predicted octanol–water partition coefficient (Wildman–Crippen LogP) is 5.14. The van der Waals surface area contributed by atoms with Crippen LogP contribution in [0.4, 0.5) is 29.7 Å². The van der Waals surface area contributed by atoms with Crippen molar-refractivity contribution in [3.8, 4) is 11.8 Å². The number of nitrogens with zero attached hydrogens (tertiary/aromatic N) is 3. The molecule has 12 heteroatoms. The topological polar surface area (TPSA) is 95.3 Å². The lowest BCUT2D eigenvalue weighted by Gasteiger charge is -2.36. The second-order valence-corrected chi connectivity index (χ2v) is 9.75. The molecule has 3 aromatic rings. The van der Waals surface area contributed by atoms with E-state index < -0.39 is 21.8 Å². The first kappa shape index (κ1) is 22.9. The highest BCUT2D eigenvalue weighted by atomic mass is 32.2. The van der Waals surface area contributed by atoms with E-state index in [-0.39, 0.29) is 39.7 Å². The molecule has 1 atom stereocenters. The average molecular weight is 495 g/mol. The summed E-state index contributed by atoms with van der Waals surface area (Å²) in [5.41, 5.74) is -0.332. The molecule has 0 saturated heterocycles. The molecule has 172 valence electrons. The molecule has 1 aliphatic heterocycles. The number of fused-ring (bicyclic) bond motifs is 1. The lowest BCUT2D eigenvalue weighted by atomic mass is 10.0. The van der Waals surface area contributed by atoms with Crippen LogP contribution < -0.4 is 14.4 Å². The maximum atomic E-state index is 13.1. The van der Waals surface area contributed by atoms with E-state index in [0.717, 1.165) is 23.5 Å². The van der Waals surface area contributed by atoms with Gasteiger partial charge in [-0.25, -0.2) is 13.4 Å². The van der Waals surface area contributed by atoms with Gasteiger partial charge in [0.25, 0.3) is 10.0 Å². The first-order valence-corrected chi connectivity index (χ1v) is 12.1. The fourth-order valence-electron chi connectivity index (χ4n) is 3.42. The number of hydrogen-bond donors (Lipinski definition) is 1. The average Bonchev–Trinajstić information content (AvgIpc) is 3.29. The van der Waals surface area contributed by atoms with Crippen LogP contribution in [0.2, 0.25) is 0 Å². The van der Waals surface area contributed by atoms with Gasteiger partial charge in [0.1, 0.15) is 17.9 Å². The number of sulfonamides is 1. The smallest absolute Gasteiger partial charge is 0.416 e. The standard InChI is InChI=1S/C21H17F3N4O3S2/c1-2-15-12-28(17-5-3-14(21(22,23)24)9-13(17)11-25)18-6-4-16(10-19(18)31-15)33(29,30)27-20-26-7-8-32-20/h3-10,15H,2,12H2,1H3,(H,26,27)/t15-/m1/s1. The van der Waals surface area contributed by atoms with Crippen molar-refractivity contribution in [2.24, 2.45) is 0 Å². The number of ether oxygens (including phenoxy) is 1. The van der Waals surface area contributed by atoms with E-state index in [4.69, 9.17) is 4.74 Å². The molecular weight excluding hydrogens is 477 g/mol. The van der Waals surface area contributed by atoms with Crippen LogP contribution in [0.25, 0.3) is 0 Å². The molecule has 0 amide bonds. The molecule has 1 aliphatic rings. The molecule has 0 radical (unpaired) electrons. The molecule has 7 nitrogen and oxygen atoms in total. The van der Waals surface area contributed by atoms with Crippen LogP contribution in [0.5, 0.6) is 5.75 Å². The summed E-state index contributed by atoms with van der Waals surface area (Å²) in [4.78, 5) is 5.54. The second kappa shape index (κ2) is 8.57. The van der Waals surface area contributed by atoms with Crippen LogP contribution in [-0.4, -0.2) is 26.1 Å². The van der Waals surface area contributed by atoms with Gasteiger partial charge in [-0.3, -0.25) is 4.72 Å². The van der Waals surface area contributed by atoms with Crippen LogP contribution in [0, 0.1) is 11.3 Å². The minimum atomic E-state index is -4.58. The van der Waals surface area contributed by atoms with Gasteiger partial charge in [0.2, 0.25) is 0 Å². The van der Waals surface area contributed by atoms with Gasteiger partial charge in [-0.2, -0.15) is 18.4 Å². The van der Waals surface area contributed by atoms with Crippen LogP contribution in [-0.2, 0) is 16.2 Å². The van der Waals surface area contributed by atoms with Crippen molar-refractivity contribution in [2.45, 2.75) is 30.5 Å². The van der Waals surface area contributed by atoms with Crippen molar-refractivity contribution in [2.75, 3.05) is 16.2 Å². The van der Waals surface area contributed by atoms with E-state index in [1.54, 1.807) is 10.3 Å². The number of rotatable bonds is 5. The molecule has 4 rings (SSSR count). The van der Waals surface area contributed by atoms with Crippen molar-refractivity contribution in [3.05, 3.63) is 59.1 Å². The number of anilines is 3. The Morgan fingerprint density at radius 2 is 2.03 bits per heavy atom. The van der Waals surface area contributed by atoms with Gasteiger partial charge >= 0.3 is 6.18 Å². The number of benzene rings is 2. The zero-order valence-corrected chi connectivity index (χ0v) is 18.8. The fourth-order valence-corrected chi connectivity index (χ4v) is 5.23. The van der Waals surface area contributed by atoms with E-state index in [9.17, 15) is 26.9 Å². The number of hydrogen-bond acceptors (Lipinski definition) is 7. The van der Waals surface area contributed by atoms with Gasteiger partial charge in [-0.15, -0.1) is 11.3 Å². The summed E-state index contributed by atoms with van der Waals surface area (Å²) in [7, 11) is -3.94. The normalized spacial score (nSPS) is 16.0. The summed E-state index contributed by atoms with van der Waals surface area (Å²) in [5.74, 6) is 0.249. The minimum Gasteiger partial charge on any atom is -0.486 e. The Labute approximate surface area is 192 Å². The van der Waals surface area contributed by atoms with Crippen molar-refractivity contribution < 1.29 is 26.3 Å². The Morgan fingerprint density at radius 1 is 1.27 bits per heavy atom.